The average molecular weight is 276 g/mol. The maximum atomic E-state index is 4.73. The van der Waals surface area contributed by atoms with Gasteiger partial charge in [-0.2, -0.15) is 0 Å². The third-order valence-corrected chi connectivity index (χ3v) is 3.98. The molecule has 1 saturated heterocycles. The van der Waals surface area contributed by atoms with Gasteiger partial charge in [-0.15, -0.1) is 0 Å². The van der Waals surface area contributed by atoms with Gasteiger partial charge in [0.05, 0.1) is 0 Å². The van der Waals surface area contributed by atoms with Crippen molar-refractivity contribution in [3.05, 3.63) is 17.5 Å². The predicted octanol–water partition coefficient (Wildman–Crippen LogP) is 3.05. The van der Waals surface area contributed by atoms with Crippen molar-refractivity contribution in [2.45, 2.75) is 72.0 Å². The summed E-state index contributed by atoms with van der Waals surface area (Å²) in [5, 5.41) is 3.49. The van der Waals surface area contributed by atoms with E-state index in [4.69, 9.17) is 4.98 Å². The second kappa shape index (κ2) is 6.08. The van der Waals surface area contributed by atoms with Crippen LogP contribution in [0, 0.1) is 6.92 Å². The van der Waals surface area contributed by atoms with Crippen LogP contribution < -0.4 is 10.2 Å². The summed E-state index contributed by atoms with van der Waals surface area (Å²) in [7, 11) is 0. The third-order valence-electron chi connectivity index (χ3n) is 3.98. The molecule has 2 heterocycles. The Bertz CT molecular complexity index is 450. The van der Waals surface area contributed by atoms with Crippen molar-refractivity contribution in [2.75, 3.05) is 11.4 Å². The van der Waals surface area contributed by atoms with Gasteiger partial charge < -0.3 is 10.2 Å². The maximum absolute atomic E-state index is 4.73. The first-order valence-corrected chi connectivity index (χ1v) is 7.75. The first-order valence-electron chi connectivity index (χ1n) is 7.75. The van der Waals surface area contributed by atoms with Gasteiger partial charge >= 0.3 is 0 Å². The standard InChI is InChI=1S/C16H28N4/c1-6-14-8-7-9-20(14)15-17-10-13(12(2)19-15)11-18-16(3,4)5/h10,14,18H,6-9,11H2,1-5H3. The Kier molecular flexibility index (Phi) is 4.63. The molecular formula is C16H28N4. The van der Waals surface area contributed by atoms with Crippen molar-refractivity contribution in [3.8, 4) is 0 Å². The monoisotopic (exact) mass is 276 g/mol. The highest BCUT2D eigenvalue weighted by Gasteiger charge is 2.25. The fourth-order valence-electron chi connectivity index (χ4n) is 2.68. The maximum Gasteiger partial charge on any atom is 0.225 e. The summed E-state index contributed by atoms with van der Waals surface area (Å²) in [5.74, 6) is 0.909. The molecule has 0 amide bonds. The molecule has 0 radical (unpaired) electrons. The Labute approximate surface area is 123 Å². The van der Waals surface area contributed by atoms with Crippen molar-refractivity contribution in [2.24, 2.45) is 0 Å². The summed E-state index contributed by atoms with van der Waals surface area (Å²) in [6.45, 7) is 12.8. The highest BCUT2D eigenvalue weighted by atomic mass is 15.3. The van der Waals surface area contributed by atoms with E-state index in [0.717, 1.165) is 24.7 Å². The number of aryl methyl sites for hydroxylation is 1. The molecule has 0 bridgehead atoms. The molecular weight excluding hydrogens is 248 g/mol. The number of rotatable bonds is 4. The second-order valence-corrected chi connectivity index (χ2v) is 6.78. The Morgan fingerprint density at radius 2 is 2.15 bits per heavy atom. The predicted molar refractivity (Wildman–Crippen MR) is 84.0 cm³/mol. The lowest BCUT2D eigenvalue weighted by Gasteiger charge is -2.25. The van der Waals surface area contributed by atoms with E-state index in [2.05, 4.69) is 49.8 Å². The van der Waals surface area contributed by atoms with Crippen LogP contribution >= 0.6 is 0 Å². The number of aromatic nitrogens is 2. The SMILES string of the molecule is CCC1CCCN1c1ncc(CNC(C)(C)C)c(C)n1. The van der Waals surface area contributed by atoms with Crippen LogP contribution in [0.3, 0.4) is 0 Å². The number of anilines is 1. The molecule has 0 aromatic carbocycles. The minimum atomic E-state index is 0.118. The summed E-state index contributed by atoms with van der Waals surface area (Å²) >= 11 is 0. The minimum absolute atomic E-state index is 0.118. The van der Waals surface area contributed by atoms with Crippen molar-refractivity contribution < 1.29 is 0 Å². The summed E-state index contributed by atoms with van der Waals surface area (Å²) < 4.78 is 0. The molecule has 112 valence electrons. The highest BCUT2D eigenvalue weighted by Crippen LogP contribution is 2.24. The van der Waals surface area contributed by atoms with E-state index in [9.17, 15) is 0 Å². The van der Waals surface area contributed by atoms with Crippen molar-refractivity contribution in [1.29, 1.82) is 0 Å². The average Bonchev–Trinajstić information content (AvgIpc) is 2.84. The van der Waals surface area contributed by atoms with Crippen LogP contribution in [0.15, 0.2) is 6.20 Å². The van der Waals surface area contributed by atoms with Gasteiger partial charge in [0, 0.05) is 42.1 Å². The largest absolute Gasteiger partial charge is 0.338 e. The topological polar surface area (TPSA) is 41.1 Å². The Morgan fingerprint density at radius 1 is 1.40 bits per heavy atom. The number of hydrogen-bond donors (Lipinski definition) is 1. The van der Waals surface area contributed by atoms with Crippen LogP contribution in [0.1, 0.15) is 58.2 Å². The number of nitrogens with zero attached hydrogens (tertiary/aromatic N) is 3. The molecule has 0 spiro atoms. The molecule has 4 nitrogen and oxygen atoms in total. The lowest BCUT2D eigenvalue weighted by Crippen LogP contribution is -2.35. The summed E-state index contributed by atoms with van der Waals surface area (Å²) in [4.78, 5) is 11.7. The minimum Gasteiger partial charge on any atom is -0.338 e. The van der Waals surface area contributed by atoms with Gasteiger partial charge in [0.25, 0.3) is 0 Å². The zero-order chi connectivity index (χ0) is 14.8. The summed E-state index contributed by atoms with van der Waals surface area (Å²) in [6, 6.07) is 0.618. The number of hydrogen-bond acceptors (Lipinski definition) is 4. The van der Waals surface area contributed by atoms with Gasteiger partial charge in [-0.25, -0.2) is 9.97 Å². The molecule has 1 atom stereocenters. The van der Waals surface area contributed by atoms with Crippen LogP contribution in [0.4, 0.5) is 5.95 Å². The van der Waals surface area contributed by atoms with Gasteiger partial charge in [0.2, 0.25) is 5.95 Å². The second-order valence-electron chi connectivity index (χ2n) is 6.78. The molecule has 1 aromatic rings. The molecule has 0 aliphatic carbocycles. The molecule has 4 heteroatoms. The van der Waals surface area contributed by atoms with Crippen molar-refractivity contribution in [3.63, 3.8) is 0 Å². The van der Waals surface area contributed by atoms with E-state index in [1.54, 1.807) is 0 Å². The van der Waals surface area contributed by atoms with Crippen LogP contribution in [-0.2, 0) is 6.54 Å². The smallest absolute Gasteiger partial charge is 0.225 e. The summed E-state index contributed by atoms with van der Waals surface area (Å²) in [5.41, 5.74) is 2.40. The van der Waals surface area contributed by atoms with E-state index in [1.165, 1.54) is 24.8 Å². The van der Waals surface area contributed by atoms with Crippen LogP contribution in [-0.4, -0.2) is 28.1 Å². The highest BCUT2D eigenvalue weighted by molar-refractivity contribution is 5.35. The summed E-state index contributed by atoms with van der Waals surface area (Å²) in [6.07, 6.45) is 5.69. The van der Waals surface area contributed by atoms with E-state index in [-0.39, 0.29) is 5.54 Å². The fraction of sp³-hybridized carbons (Fsp3) is 0.750. The molecule has 1 aliphatic rings. The van der Waals surface area contributed by atoms with Crippen molar-refractivity contribution >= 4 is 5.95 Å². The van der Waals surface area contributed by atoms with Gasteiger partial charge in [0.15, 0.2) is 0 Å². The first-order chi connectivity index (χ1) is 9.40. The first kappa shape index (κ1) is 15.2. The van der Waals surface area contributed by atoms with Gasteiger partial charge in [-0.1, -0.05) is 6.92 Å². The molecule has 0 saturated carbocycles. The normalized spacial score (nSPS) is 19.6. The molecule has 1 N–H and O–H groups in total. The molecule has 2 rings (SSSR count). The molecule has 1 unspecified atom stereocenters. The number of nitrogens with one attached hydrogen (secondary N) is 1. The van der Waals surface area contributed by atoms with Crippen LogP contribution in [0.25, 0.3) is 0 Å². The van der Waals surface area contributed by atoms with Gasteiger partial charge in [0.1, 0.15) is 0 Å². The molecule has 1 aliphatic heterocycles. The van der Waals surface area contributed by atoms with Crippen molar-refractivity contribution in [1.82, 2.24) is 15.3 Å². The molecule has 1 aromatic heterocycles. The van der Waals surface area contributed by atoms with E-state index in [0.29, 0.717) is 6.04 Å². The fourth-order valence-corrected chi connectivity index (χ4v) is 2.68. The Balaban J connectivity index is 2.09. The van der Waals surface area contributed by atoms with E-state index < -0.39 is 0 Å². The molecule has 1 fully saturated rings. The zero-order valence-electron chi connectivity index (χ0n) is 13.5. The Morgan fingerprint density at radius 3 is 2.75 bits per heavy atom. The third kappa shape index (κ3) is 3.69. The van der Waals surface area contributed by atoms with Crippen LogP contribution in [0.5, 0.6) is 0 Å². The Hall–Kier alpha value is -1.16. The lowest BCUT2D eigenvalue weighted by molar-refractivity contribution is 0.423. The molecule has 20 heavy (non-hydrogen) atoms. The quantitative estimate of drug-likeness (QED) is 0.917. The van der Waals surface area contributed by atoms with E-state index >= 15 is 0 Å². The lowest BCUT2D eigenvalue weighted by atomic mass is 10.1. The van der Waals surface area contributed by atoms with Crippen LogP contribution in [0.2, 0.25) is 0 Å². The van der Waals surface area contributed by atoms with Gasteiger partial charge in [-0.05, 0) is 47.0 Å². The van der Waals surface area contributed by atoms with Gasteiger partial charge in [-0.3, -0.25) is 0 Å². The van der Waals surface area contributed by atoms with E-state index in [1.807, 2.05) is 6.20 Å². The zero-order valence-corrected chi connectivity index (χ0v) is 13.5.